The summed E-state index contributed by atoms with van der Waals surface area (Å²) in [6.07, 6.45) is 1.66. The predicted molar refractivity (Wildman–Crippen MR) is 119 cm³/mol. The maximum atomic E-state index is 12.2. The predicted octanol–water partition coefficient (Wildman–Crippen LogP) is 3.04. The Balaban J connectivity index is 1.39. The number of amides is 1. The third-order valence-corrected chi connectivity index (χ3v) is 5.94. The second-order valence-corrected chi connectivity index (χ2v) is 7.88. The molecule has 1 amide bonds. The lowest BCUT2D eigenvalue weighted by atomic mass is 10.2. The largest absolute Gasteiger partial charge is 0.317 e. The summed E-state index contributed by atoms with van der Waals surface area (Å²) in [6.45, 7) is 3.92. The van der Waals surface area contributed by atoms with Crippen molar-refractivity contribution >= 4 is 34.9 Å². The second kappa shape index (κ2) is 8.54. The lowest BCUT2D eigenvalue weighted by Crippen LogP contribution is -2.30. The van der Waals surface area contributed by atoms with Crippen molar-refractivity contribution < 1.29 is 9.36 Å². The molecule has 30 heavy (non-hydrogen) atoms. The second-order valence-electron chi connectivity index (χ2n) is 6.92. The number of carbonyl (C=O) groups is 1. The highest BCUT2D eigenvalue weighted by molar-refractivity contribution is 7.99. The number of H-pyrrole nitrogens is 1. The van der Waals surface area contributed by atoms with Crippen LogP contribution in [0.25, 0.3) is 16.7 Å². The number of benzene rings is 2. The highest BCUT2D eigenvalue weighted by atomic mass is 32.2. The molecule has 0 aliphatic carbocycles. The molecule has 0 spiro atoms. The van der Waals surface area contributed by atoms with E-state index in [-0.39, 0.29) is 11.7 Å². The molecule has 0 radical (unpaired) electrons. The van der Waals surface area contributed by atoms with Gasteiger partial charge in [0.15, 0.2) is 11.0 Å². The molecule has 2 aromatic carbocycles. The van der Waals surface area contributed by atoms with E-state index >= 15 is 0 Å². The molecule has 4 aromatic rings. The van der Waals surface area contributed by atoms with E-state index in [0.717, 1.165) is 38.8 Å². The quantitative estimate of drug-likeness (QED) is 0.218. The standard InChI is InChI=1S/C22H22N6OS/c1-15-18(16(2)28(26-15)17-9-5-4-6-10-17)13-23-25-21(29)14-30-22-24-19-11-7-8-12-20(19)27(22)3/h4-13H,14H2,1-3H3,(H,25,29)/p+1. The zero-order valence-corrected chi connectivity index (χ0v) is 17.9. The number of thioether (sulfide) groups is 1. The minimum Gasteiger partial charge on any atom is -0.272 e. The molecule has 0 saturated heterocycles. The molecule has 7 nitrogen and oxygen atoms in total. The number of hydrazone groups is 1. The van der Waals surface area contributed by atoms with Gasteiger partial charge in [0.05, 0.1) is 36.1 Å². The van der Waals surface area contributed by atoms with Crippen LogP contribution in [0.15, 0.2) is 64.9 Å². The van der Waals surface area contributed by atoms with E-state index in [1.165, 1.54) is 11.8 Å². The molecule has 2 heterocycles. The monoisotopic (exact) mass is 419 g/mol. The molecule has 8 heteroatoms. The van der Waals surface area contributed by atoms with Gasteiger partial charge in [0.2, 0.25) is 0 Å². The Labute approximate surface area is 178 Å². The van der Waals surface area contributed by atoms with Crippen LogP contribution in [-0.4, -0.2) is 32.6 Å². The van der Waals surface area contributed by atoms with Crippen LogP contribution in [0.2, 0.25) is 0 Å². The summed E-state index contributed by atoms with van der Waals surface area (Å²) >= 11 is 1.44. The number of hydrogen-bond donors (Lipinski definition) is 2. The van der Waals surface area contributed by atoms with Gasteiger partial charge in [-0.25, -0.2) is 19.7 Å². The normalized spacial score (nSPS) is 11.4. The summed E-state index contributed by atoms with van der Waals surface area (Å²) in [5, 5.41) is 9.65. The van der Waals surface area contributed by atoms with Crippen LogP contribution in [0.4, 0.5) is 0 Å². The maximum Gasteiger partial charge on any atom is 0.317 e. The number of imidazole rings is 1. The van der Waals surface area contributed by atoms with Gasteiger partial charge >= 0.3 is 5.16 Å². The first kappa shape index (κ1) is 19.9. The van der Waals surface area contributed by atoms with Crippen molar-refractivity contribution in [1.82, 2.24) is 20.2 Å². The number of nitrogens with zero attached hydrogens (tertiary/aromatic N) is 4. The molecular formula is C22H23N6OS+. The SMILES string of the molecule is Cc1nn(-c2ccccc2)c(C)c1C=NNC(=O)CSc1[nH]c2ccccc2[n+]1C. The maximum absolute atomic E-state index is 12.2. The Kier molecular flexibility index (Phi) is 5.67. The Morgan fingerprint density at radius 3 is 2.70 bits per heavy atom. The first-order valence-electron chi connectivity index (χ1n) is 9.57. The van der Waals surface area contributed by atoms with Crippen LogP contribution in [0.1, 0.15) is 17.0 Å². The van der Waals surface area contributed by atoms with Crippen molar-refractivity contribution in [3.63, 3.8) is 0 Å². The van der Waals surface area contributed by atoms with Crippen molar-refractivity contribution in [3.05, 3.63) is 71.5 Å². The van der Waals surface area contributed by atoms with Gasteiger partial charge in [0.25, 0.3) is 5.91 Å². The number of para-hydroxylation sites is 3. The summed E-state index contributed by atoms with van der Waals surface area (Å²) in [5.41, 5.74) is 8.46. The van der Waals surface area contributed by atoms with Gasteiger partial charge in [-0.1, -0.05) is 30.3 Å². The summed E-state index contributed by atoms with van der Waals surface area (Å²) in [5.74, 6) is 0.0971. The lowest BCUT2D eigenvalue weighted by molar-refractivity contribution is -0.683. The van der Waals surface area contributed by atoms with Gasteiger partial charge in [0, 0.05) is 5.56 Å². The minimum atomic E-state index is -0.166. The van der Waals surface area contributed by atoms with E-state index in [2.05, 4.69) is 20.6 Å². The van der Waals surface area contributed by atoms with Gasteiger partial charge in [-0.3, -0.25) is 4.79 Å². The highest BCUT2D eigenvalue weighted by Gasteiger charge is 2.16. The van der Waals surface area contributed by atoms with Crippen LogP contribution in [0, 0.1) is 13.8 Å². The molecule has 0 saturated carbocycles. The van der Waals surface area contributed by atoms with Crippen LogP contribution < -0.4 is 9.99 Å². The van der Waals surface area contributed by atoms with Crippen molar-refractivity contribution in [2.24, 2.45) is 12.1 Å². The number of rotatable bonds is 6. The number of fused-ring (bicyclic) bond motifs is 1. The van der Waals surface area contributed by atoms with Crippen molar-refractivity contribution in [1.29, 1.82) is 0 Å². The molecule has 0 bridgehead atoms. The molecule has 2 aromatic heterocycles. The zero-order chi connectivity index (χ0) is 21.1. The Morgan fingerprint density at radius 1 is 1.20 bits per heavy atom. The smallest absolute Gasteiger partial charge is 0.272 e. The minimum absolute atomic E-state index is 0.166. The van der Waals surface area contributed by atoms with E-state index in [0.29, 0.717) is 0 Å². The van der Waals surface area contributed by atoms with E-state index in [1.807, 2.05) is 84.7 Å². The fourth-order valence-corrected chi connectivity index (χ4v) is 4.12. The number of hydrogen-bond acceptors (Lipinski definition) is 4. The fourth-order valence-electron chi connectivity index (χ4n) is 3.31. The summed E-state index contributed by atoms with van der Waals surface area (Å²) in [6, 6.07) is 18.0. The fraction of sp³-hybridized carbons (Fsp3) is 0.182. The van der Waals surface area contributed by atoms with Crippen LogP contribution >= 0.6 is 11.8 Å². The molecule has 2 N–H and O–H groups in total. The molecule has 0 aliphatic rings. The Hall–Kier alpha value is -3.39. The average Bonchev–Trinajstić information content (AvgIpc) is 3.24. The number of aromatic amines is 1. The molecule has 0 unspecified atom stereocenters. The summed E-state index contributed by atoms with van der Waals surface area (Å²) in [4.78, 5) is 15.6. The first-order valence-corrected chi connectivity index (χ1v) is 10.6. The van der Waals surface area contributed by atoms with E-state index < -0.39 is 0 Å². The molecule has 152 valence electrons. The van der Waals surface area contributed by atoms with Crippen molar-refractivity contribution in [2.75, 3.05) is 5.75 Å². The Bertz CT molecular complexity index is 1230. The average molecular weight is 420 g/mol. The number of nitrogens with one attached hydrogen (secondary N) is 2. The molecule has 4 rings (SSSR count). The van der Waals surface area contributed by atoms with E-state index in [9.17, 15) is 4.79 Å². The van der Waals surface area contributed by atoms with Gasteiger partial charge in [-0.2, -0.15) is 10.2 Å². The number of aromatic nitrogens is 4. The third kappa shape index (κ3) is 3.99. The van der Waals surface area contributed by atoms with Crippen molar-refractivity contribution in [2.45, 2.75) is 19.0 Å². The van der Waals surface area contributed by atoms with Crippen LogP contribution in [-0.2, 0) is 11.8 Å². The topological polar surface area (TPSA) is 78.9 Å². The van der Waals surface area contributed by atoms with Crippen LogP contribution in [0.3, 0.4) is 0 Å². The molecule has 0 atom stereocenters. The number of aryl methyl sites for hydroxylation is 2. The van der Waals surface area contributed by atoms with Gasteiger partial charge < -0.3 is 0 Å². The van der Waals surface area contributed by atoms with Crippen LogP contribution in [0.5, 0.6) is 0 Å². The van der Waals surface area contributed by atoms with Gasteiger partial charge in [-0.05, 0) is 49.9 Å². The zero-order valence-electron chi connectivity index (χ0n) is 17.1. The molecule has 0 fully saturated rings. The lowest BCUT2D eigenvalue weighted by Gasteiger charge is -2.03. The van der Waals surface area contributed by atoms with Gasteiger partial charge in [-0.15, -0.1) is 0 Å². The summed E-state index contributed by atoms with van der Waals surface area (Å²) < 4.78 is 3.92. The summed E-state index contributed by atoms with van der Waals surface area (Å²) in [7, 11) is 1.98. The Morgan fingerprint density at radius 2 is 1.93 bits per heavy atom. The first-order chi connectivity index (χ1) is 14.5. The molecular weight excluding hydrogens is 396 g/mol. The molecule has 0 aliphatic heterocycles. The number of carbonyl (C=O) groups excluding carboxylic acids is 1. The van der Waals surface area contributed by atoms with Crippen molar-refractivity contribution in [3.8, 4) is 5.69 Å². The highest BCUT2D eigenvalue weighted by Crippen LogP contribution is 2.17. The third-order valence-electron chi connectivity index (χ3n) is 4.88. The van der Waals surface area contributed by atoms with E-state index in [4.69, 9.17) is 0 Å². The van der Waals surface area contributed by atoms with E-state index in [1.54, 1.807) is 6.21 Å². The van der Waals surface area contributed by atoms with Gasteiger partial charge in [0.1, 0.15) is 0 Å².